The van der Waals surface area contributed by atoms with Crippen LogP contribution < -0.4 is 0 Å². The summed E-state index contributed by atoms with van der Waals surface area (Å²) in [5.74, 6) is 0. The van der Waals surface area contributed by atoms with E-state index >= 15 is 0 Å². The van der Waals surface area contributed by atoms with Crippen molar-refractivity contribution in [2.75, 3.05) is 0 Å². The molecule has 1 aromatic carbocycles. The molecule has 0 saturated carbocycles. The quantitative estimate of drug-likeness (QED) is 0.677. The summed E-state index contributed by atoms with van der Waals surface area (Å²) in [5.41, 5.74) is 4.08. The maximum absolute atomic E-state index is 5.46. The number of halogens is 1. The first-order valence-electron chi connectivity index (χ1n) is 6.39. The number of benzene rings is 1. The average Bonchev–Trinajstić information content (AvgIpc) is 2.74. The highest BCUT2D eigenvalue weighted by atomic mass is 79.9. The van der Waals surface area contributed by atoms with Crippen LogP contribution in [0.4, 0.5) is 0 Å². The van der Waals surface area contributed by atoms with E-state index in [1.54, 1.807) is 0 Å². The van der Waals surface area contributed by atoms with Gasteiger partial charge in [-0.3, -0.25) is 4.57 Å². The Hall–Kier alpha value is -1.46. The molecule has 20 heavy (non-hydrogen) atoms. The maximum atomic E-state index is 5.46. The van der Waals surface area contributed by atoms with Gasteiger partial charge in [0.25, 0.3) is 0 Å². The van der Waals surface area contributed by atoms with E-state index in [0.717, 1.165) is 21.3 Å². The number of aromatic nitrogens is 3. The monoisotopic (exact) mass is 347 g/mol. The van der Waals surface area contributed by atoms with Gasteiger partial charge in [0.2, 0.25) is 0 Å². The smallest absolute Gasteiger partial charge is 0.179 e. The number of nitrogens with one attached hydrogen (secondary N) is 1. The van der Waals surface area contributed by atoms with E-state index in [1.807, 2.05) is 31.2 Å². The van der Waals surface area contributed by atoms with Crippen molar-refractivity contribution in [2.45, 2.75) is 19.9 Å². The van der Waals surface area contributed by atoms with Crippen LogP contribution in [0.1, 0.15) is 24.2 Å². The molecule has 0 aliphatic carbocycles. The summed E-state index contributed by atoms with van der Waals surface area (Å²) < 4.78 is 3.85. The SMILES string of the molecule is Cc1ccc2[nH]c(=S)n(C(C)c3ccc(Br)cc3)c2n1. The number of hydrogen-bond acceptors (Lipinski definition) is 2. The predicted octanol–water partition coefficient (Wildman–Crippen LogP) is 4.77. The topological polar surface area (TPSA) is 33.6 Å². The van der Waals surface area contributed by atoms with E-state index in [0.29, 0.717) is 4.77 Å². The number of nitrogens with zero attached hydrogens (tertiary/aromatic N) is 2. The molecule has 3 rings (SSSR count). The van der Waals surface area contributed by atoms with Gasteiger partial charge in [-0.1, -0.05) is 28.1 Å². The minimum absolute atomic E-state index is 0.138. The van der Waals surface area contributed by atoms with Gasteiger partial charge < -0.3 is 4.98 Å². The van der Waals surface area contributed by atoms with Gasteiger partial charge >= 0.3 is 0 Å². The largest absolute Gasteiger partial charge is 0.329 e. The molecule has 0 amide bonds. The van der Waals surface area contributed by atoms with Crippen LogP contribution in [0.3, 0.4) is 0 Å². The molecule has 3 aromatic rings. The highest BCUT2D eigenvalue weighted by molar-refractivity contribution is 9.10. The summed E-state index contributed by atoms with van der Waals surface area (Å²) in [7, 11) is 0. The number of H-pyrrole nitrogens is 1. The number of aromatic amines is 1. The molecule has 0 fully saturated rings. The van der Waals surface area contributed by atoms with Crippen molar-refractivity contribution < 1.29 is 0 Å². The molecular weight excluding hydrogens is 334 g/mol. The van der Waals surface area contributed by atoms with Crippen LogP contribution in [0, 0.1) is 11.7 Å². The van der Waals surface area contributed by atoms with Crippen molar-refractivity contribution in [1.29, 1.82) is 0 Å². The second-order valence-electron chi connectivity index (χ2n) is 4.85. The van der Waals surface area contributed by atoms with Crippen molar-refractivity contribution in [1.82, 2.24) is 14.5 Å². The molecule has 0 bridgehead atoms. The highest BCUT2D eigenvalue weighted by Crippen LogP contribution is 2.24. The summed E-state index contributed by atoms with van der Waals surface area (Å²) in [5, 5.41) is 0. The Labute approximate surface area is 130 Å². The summed E-state index contributed by atoms with van der Waals surface area (Å²) in [6.07, 6.45) is 0. The minimum Gasteiger partial charge on any atom is -0.329 e. The Morgan fingerprint density at radius 3 is 2.60 bits per heavy atom. The fraction of sp³-hybridized carbons (Fsp3) is 0.200. The highest BCUT2D eigenvalue weighted by Gasteiger charge is 2.14. The third-order valence-electron chi connectivity index (χ3n) is 3.44. The Morgan fingerprint density at radius 2 is 1.90 bits per heavy atom. The third kappa shape index (κ3) is 2.31. The van der Waals surface area contributed by atoms with Crippen molar-refractivity contribution in [3.8, 4) is 0 Å². The fourth-order valence-electron chi connectivity index (χ4n) is 2.35. The second-order valence-corrected chi connectivity index (χ2v) is 6.15. The molecule has 1 N–H and O–H groups in total. The number of imidazole rings is 1. The molecule has 0 aliphatic rings. The number of pyridine rings is 1. The molecule has 2 heterocycles. The molecule has 0 radical (unpaired) electrons. The summed E-state index contributed by atoms with van der Waals surface area (Å²) in [6.45, 7) is 4.13. The van der Waals surface area contributed by atoms with Gasteiger partial charge in [-0.05, 0) is 55.9 Å². The Kier molecular flexibility index (Phi) is 3.48. The lowest BCUT2D eigenvalue weighted by Crippen LogP contribution is -2.07. The molecule has 0 saturated heterocycles. The Balaban J connectivity index is 2.18. The van der Waals surface area contributed by atoms with Crippen LogP contribution >= 0.6 is 28.1 Å². The van der Waals surface area contributed by atoms with E-state index < -0.39 is 0 Å². The first-order chi connectivity index (χ1) is 9.56. The van der Waals surface area contributed by atoms with Crippen LogP contribution in [-0.4, -0.2) is 14.5 Å². The molecule has 1 atom stereocenters. The first-order valence-corrected chi connectivity index (χ1v) is 7.60. The molecular formula is C15H14BrN3S. The van der Waals surface area contributed by atoms with Gasteiger partial charge in [0.05, 0.1) is 11.6 Å². The van der Waals surface area contributed by atoms with E-state index in [2.05, 4.69) is 49.5 Å². The molecule has 0 aliphatic heterocycles. The maximum Gasteiger partial charge on any atom is 0.179 e. The Morgan fingerprint density at radius 1 is 1.20 bits per heavy atom. The molecule has 3 nitrogen and oxygen atoms in total. The van der Waals surface area contributed by atoms with Gasteiger partial charge in [0.15, 0.2) is 10.4 Å². The van der Waals surface area contributed by atoms with Crippen molar-refractivity contribution in [2.24, 2.45) is 0 Å². The zero-order chi connectivity index (χ0) is 14.3. The van der Waals surface area contributed by atoms with Crippen molar-refractivity contribution in [3.63, 3.8) is 0 Å². The molecule has 102 valence electrons. The molecule has 5 heteroatoms. The summed E-state index contributed by atoms with van der Waals surface area (Å²) in [6, 6.07) is 12.4. The normalized spacial score (nSPS) is 12.8. The lowest BCUT2D eigenvalue weighted by molar-refractivity contribution is 0.643. The standard InChI is InChI=1S/C15H14BrN3S/c1-9-3-8-13-14(17-9)19(15(20)18-13)10(2)11-4-6-12(16)7-5-11/h3-8,10H,1-2H3,(H,18,20). The van der Waals surface area contributed by atoms with E-state index in [-0.39, 0.29) is 6.04 Å². The van der Waals surface area contributed by atoms with Gasteiger partial charge in [-0.25, -0.2) is 4.98 Å². The van der Waals surface area contributed by atoms with E-state index in [4.69, 9.17) is 12.2 Å². The zero-order valence-corrected chi connectivity index (χ0v) is 13.6. The third-order valence-corrected chi connectivity index (χ3v) is 4.27. The number of hydrogen-bond donors (Lipinski definition) is 1. The summed E-state index contributed by atoms with van der Waals surface area (Å²) in [4.78, 5) is 7.84. The molecule has 0 spiro atoms. The lowest BCUT2D eigenvalue weighted by atomic mass is 10.1. The molecule has 1 unspecified atom stereocenters. The lowest BCUT2D eigenvalue weighted by Gasteiger charge is -2.14. The van der Waals surface area contributed by atoms with Crippen LogP contribution in [-0.2, 0) is 0 Å². The second kappa shape index (κ2) is 5.14. The predicted molar refractivity (Wildman–Crippen MR) is 87.6 cm³/mol. The zero-order valence-electron chi connectivity index (χ0n) is 11.2. The van der Waals surface area contributed by atoms with Gasteiger partial charge in [-0.2, -0.15) is 0 Å². The van der Waals surface area contributed by atoms with Crippen LogP contribution in [0.25, 0.3) is 11.2 Å². The fourth-order valence-corrected chi connectivity index (χ4v) is 2.96. The van der Waals surface area contributed by atoms with Gasteiger partial charge in [-0.15, -0.1) is 0 Å². The minimum atomic E-state index is 0.138. The summed E-state index contributed by atoms with van der Waals surface area (Å²) >= 11 is 8.92. The van der Waals surface area contributed by atoms with Crippen LogP contribution in [0.5, 0.6) is 0 Å². The van der Waals surface area contributed by atoms with Crippen molar-refractivity contribution in [3.05, 3.63) is 56.9 Å². The van der Waals surface area contributed by atoms with Crippen LogP contribution in [0.15, 0.2) is 40.9 Å². The van der Waals surface area contributed by atoms with Crippen LogP contribution in [0.2, 0.25) is 0 Å². The molecule has 2 aromatic heterocycles. The van der Waals surface area contributed by atoms with E-state index in [1.165, 1.54) is 5.56 Å². The Bertz CT molecular complexity index is 817. The van der Waals surface area contributed by atoms with Crippen molar-refractivity contribution >= 4 is 39.3 Å². The first kappa shape index (κ1) is 13.5. The van der Waals surface area contributed by atoms with Gasteiger partial charge in [0.1, 0.15) is 0 Å². The average molecular weight is 348 g/mol. The number of aryl methyl sites for hydroxylation is 1. The number of fused-ring (bicyclic) bond motifs is 1. The van der Waals surface area contributed by atoms with E-state index in [9.17, 15) is 0 Å². The van der Waals surface area contributed by atoms with Gasteiger partial charge in [0, 0.05) is 10.2 Å². The number of rotatable bonds is 2.